The number of Topliss-reactive ketones (excluding diaryl/α,β-unsaturated/α-hetero) is 1. The lowest BCUT2D eigenvalue weighted by atomic mass is 10.1. The summed E-state index contributed by atoms with van der Waals surface area (Å²) < 4.78 is 11.4. The van der Waals surface area contributed by atoms with Crippen molar-refractivity contribution in [3.8, 4) is 5.75 Å². The molecule has 144 valence electrons. The van der Waals surface area contributed by atoms with E-state index in [0.29, 0.717) is 11.3 Å². The fourth-order valence-electron chi connectivity index (χ4n) is 2.19. The first kappa shape index (κ1) is 22.0. The molecular formula is C17H18BrN3O6. The van der Waals surface area contributed by atoms with Gasteiger partial charge in [0.15, 0.2) is 18.1 Å². The number of amides is 1. The van der Waals surface area contributed by atoms with E-state index in [1.54, 1.807) is 36.0 Å². The minimum Gasteiger partial charge on any atom is -1.00 e. The average Bonchev–Trinajstić information content (AvgIpc) is 2.62. The Kier molecular flexibility index (Phi) is 8.34. The molecule has 1 N–H and O–H groups in total. The van der Waals surface area contributed by atoms with Gasteiger partial charge >= 0.3 is 11.8 Å². The number of nitro benzene ring substituents is 1. The average molecular weight is 440 g/mol. The van der Waals surface area contributed by atoms with E-state index >= 15 is 0 Å². The molecule has 1 amide bonds. The van der Waals surface area contributed by atoms with Gasteiger partial charge in [0.05, 0.1) is 24.3 Å². The molecule has 27 heavy (non-hydrogen) atoms. The third-order valence-electron chi connectivity index (χ3n) is 3.44. The maximum atomic E-state index is 12.4. The van der Waals surface area contributed by atoms with Gasteiger partial charge in [0.1, 0.15) is 0 Å². The van der Waals surface area contributed by atoms with Crippen molar-refractivity contribution in [2.45, 2.75) is 13.5 Å². The van der Waals surface area contributed by atoms with Crippen molar-refractivity contribution >= 4 is 23.3 Å². The predicted octanol–water partition coefficient (Wildman–Crippen LogP) is -0.654. The summed E-state index contributed by atoms with van der Waals surface area (Å²) in [7, 11) is 1.31. The molecule has 0 aliphatic rings. The molecule has 0 bridgehead atoms. The molecule has 0 radical (unpaired) electrons. The van der Waals surface area contributed by atoms with E-state index in [0.717, 1.165) is 0 Å². The quantitative estimate of drug-likeness (QED) is 0.265. The van der Waals surface area contributed by atoms with Crippen LogP contribution < -0.4 is 31.6 Å². The van der Waals surface area contributed by atoms with Gasteiger partial charge in [0.25, 0.3) is 0 Å². The summed E-state index contributed by atoms with van der Waals surface area (Å²) in [6.45, 7) is 2.00. The Morgan fingerprint density at radius 2 is 1.89 bits per heavy atom. The molecule has 0 unspecified atom stereocenters. The van der Waals surface area contributed by atoms with Crippen LogP contribution >= 0.6 is 0 Å². The minimum atomic E-state index is -0.572. The highest BCUT2D eigenvalue weighted by Gasteiger charge is 2.19. The van der Waals surface area contributed by atoms with Crippen LogP contribution in [0.15, 0.2) is 42.7 Å². The maximum absolute atomic E-state index is 12.4. The van der Waals surface area contributed by atoms with Gasteiger partial charge in [-0.1, -0.05) is 0 Å². The number of aromatic nitrogens is 1. The Balaban J connectivity index is 0.00000364. The van der Waals surface area contributed by atoms with Gasteiger partial charge in [0, 0.05) is 23.8 Å². The van der Waals surface area contributed by atoms with E-state index in [1.165, 1.54) is 25.3 Å². The van der Waals surface area contributed by atoms with Crippen LogP contribution in [0.3, 0.4) is 0 Å². The second kappa shape index (κ2) is 10.2. The largest absolute Gasteiger partial charge is 1.00 e. The Hall–Kier alpha value is -3.01. The summed E-state index contributed by atoms with van der Waals surface area (Å²) in [6, 6.07) is 7.22. The van der Waals surface area contributed by atoms with Crippen molar-refractivity contribution in [2.24, 2.45) is 0 Å². The van der Waals surface area contributed by atoms with E-state index in [9.17, 15) is 19.7 Å². The first-order valence-electron chi connectivity index (χ1n) is 7.73. The molecule has 9 nitrogen and oxygen atoms in total. The molecular weight excluding hydrogens is 422 g/mol. The zero-order chi connectivity index (χ0) is 19.1. The highest BCUT2D eigenvalue weighted by Crippen LogP contribution is 2.27. The summed E-state index contributed by atoms with van der Waals surface area (Å²) >= 11 is 0. The molecule has 2 rings (SSSR count). The van der Waals surface area contributed by atoms with E-state index in [4.69, 9.17) is 9.47 Å². The third-order valence-corrected chi connectivity index (χ3v) is 3.44. The Morgan fingerprint density at radius 1 is 1.22 bits per heavy atom. The van der Waals surface area contributed by atoms with E-state index < -0.39 is 11.0 Å². The van der Waals surface area contributed by atoms with Crippen LogP contribution in [-0.4, -0.2) is 30.5 Å². The summed E-state index contributed by atoms with van der Waals surface area (Å²) in [5.41, 5.74) is 0.629. The molecule has 0 aliphatic heterocycles. The number of ether oxygens (including phenoxy) is 2. The van der Waals surface area contributed by atoms with E-state index in [2.05, 4.69) is 5.32 Å². The van der Waals surface area contributed by atoms with Crippen LogP contribution in [0, 0.1) is 10.1 Å². The van der Waals surface area contributed by atoms with Crippen molar-refractivity contribution < 1.29 is 45.5 Å². The van der Waals surface area contributed by atoms with E-state index in [-0.39, 0.29) is 47.4 Å². The molecule has 1 heterocycles. The van der Waals surface area contributed by atoms with Crippen molar-refractivity contribution in [2.75, 3.05) is 19.0 Å². The second-order valence-corrected chi connectivity index (χ2v) is 5.17. The topological polar surface area (TPSA) is 112 Å². The zero-order valence-electron chi connectivity index (χ0n) is 14.7. The van der Waals surface area contributed by atoms with Gasteiger partial charge in [-0.3, -0.25) is 20.2 Å². The molecule has 0 saturated carbocycles. The number of nitro groups is 1. The summed E-state index contributed by atoms with van der Waals surface area (Å²) in [5, 5.41) is 13.4. The SMILES string of the molecule is CCOC(=O)Nc1cc[n+](CC(=O)c2ccc([N+](=O)[O-])c(OC)c2)cc1.[Br-]. The Morgan fingerprint density at radius 3 is 2.44 bits per heavy atom. The second-order valence-electron chi connectivity index (χ2n) is 5.17. The van der Waals surface area contributed by atoms with Crippen LogP contribution in [0.2, 0.25) is 0 Å². The molecule has 0 saturated heterocycles. The van der Waals surface area contributed by atoms with Crippen molar-refractivity contribution in [1.82, 2.24) is 0 Å². The molecule has 0 spiro atoms. The fraction of sp³-hybridized carbons (Fsp3) is 0.235. The lowest BCUT2D eigenvalue weighted by Gasteiger charge is -2.05. The first-order valence-corrected chi connectivity index (χ1v) is 7.73. The number of halogens is 1. The normalized spacial score (nSPS) is 9.70. The molecule has 0 fully saturated rings. The highest BCUT2D eigenvalue weighted by atomic mass is 79.9. The molecule has 0 aliphatic carbocycles. The number of benzene rings is 1. The van der Waals surface area contributed by atoms with Gasteiger partial charge in [0.2, 0.25) is 12.3 Å². The third kappa shape index (κ3) is 6.03. The first-order chi connectivity index (χ1) is 12.4. The number of methoxy groups -OCH3 is 1. The number of ketones is 1. The van der Waals surface area contributed by atoms with Crippen molar-refractivity contribution in [1.29, 1.82) is 0 Å². The van der Waals surface area contributed by atoms with Crippen LogP contribution in [0.4, 0.5) is 16.2 Å². The molecule has 0 atom stereocenters. The van der Waals surface area contributed by atoms with Gasteiger partial charge in [-0.15, -0.1) is 0 Å². The Labute approximate surface area is 165 Å². The van der Waals surface area contributed by atoms with Gasteiger partial charge in [-0.2, -0.15) is 4.57 Å². The molecule has 1 aromatic carbocycles. The summed E-state index contributed by atoms with van der Waals surface area (Å²) in [5.74, 6) is -0.214. The van der Waals surface area contributed by atoms with Crippen LogP contribution in [0.1, 0.15) is 17.3 Å². The predicted molar refractivity (Wildman–Crippen MR) is 91.3 cm³/mol. The van der Waals surface area contributed by atoms with Crippen molar-refractivity contribution in [3.63, 3.8) is 0 Å². The van der Waals surface area contributed by atoms with Gasteiger partial charge in [-0.05, 0) is 19.1 Å². The number of carbonyl (C=O) groups excluding carboxylic acids is 2. The monoisotopic (exact) mass is 439 g/mol. The zero-order valence-corrected chi connectivity index (χ0v) is 16.3. The van der Waals surface area contributed by atoms with Crippen molar-refractivity contribution in [3.05, 3.63) is 58.4 Å². The van der Waals surface area contributed by atoms with Gasteiger partial charge < -0.3 is 26.5 Å². The lowest BCUT2D eigenvalue weighted by Crippen LogP contribution is -3.00. The fourth-order valence-corrected chi connectivity index (χ4v) is 2.19. The van der Waals surface area contributed by atoms with Crippen LogP contribution in [-0.2, 0) is 11.3 Å². The molecule has 1 aromatic heterocycles. The summed E-state index contributed by atoms with van der Waals surface area (Å²) in [4.78, 5) is 34.0. The number of hydrogen-bond acceptors (Lipinski definition) is 6. The number of anilines is 1. The minimum absolute atomic E-state index is 0. The number of rotatable bonds is 7. The number of carbonyl (C=O) groups is 2. The standard InChI is InChI=1S/C17H17N3O6.BrH/c1-3-26-17(22)18-13-6-8-19(9-7-13)11-15(21)12-4-5-14(20(23)24)16(10-12)25-2;/h4-10H,3,11H2,1-2H3;1H. The number of hydrogen-bond donors (Lipinski definition) is 1. The lowest BCUT2D eigenvalue weighted by molar-refractivity contribution is -0.683. The maximum Gasteiger partial charge on any atom is 0.411 e. The number of nitrogens with one attached hydrogen (secondary N) is 1. The summed E-state index contributed by atoms with van der Waals surface area (Å²) in [6.07, 6.45) is 2.70. The Bertz CT molecular complexity index is 826. The van der Waals surface area contributed by atoms with Gasteiger partial charge in [-0.25, -0.2) is 4.79 Å². The number of pyridine rings is 1. The smallest absolute Gasteiger partial charge is 0.411 e. The van der Waals surface area contributed by atoms with Crippen LogP contribution in [0.25, 0.3) is 0 Å². The number of nitrogens with zero attached hydrogens (tertiary/aromatic N) is 2. The van der Waals surface area contributed by atoms with Crippen LogP contribution in [0.5, 0.6) is 5.75 Å². The highest BCUT2D eigenvalue weighted by molar-refractivity contribution is 5.95. The molecule has 10 heteroatoms. The molecule has 2 aromatic rings. The van der Waals surface area contributed by atoms with E-state index in [1.807, 2.05) is 0 Å².